The second-order valence-electron chi connectivity index (χ2n) is 4.81. The number of aromatic nitrogens is 2. The van der Waals surface area contributed by atoms with Crippen LogP contribution in [0.5, 0.6) is 0 Å². The first kappa shape index (κ1) is 13.8. The maximum absolute atomic E-state index is 6.23. The van der Waals surface area contributed by atoms with Crippen molar-refractivity contribution in [2.75, 3.05) is 0 Å². The molecular formula is C12H21ClN4O. The number of nitrogens with one attached hydrogen (secondary N) is 1. The van der Waals surface area contributed by atoms with Crippen LogP contribution in [0.1, 0.15) is 44.8 Å². The summed E-state index contributed by atoms with van der Waals surface area (Å²) in [6.45, 7) is 5.03. The van der Waals surface area contributed by atoms with Crippen LogP contribution in [-0.2, 0) is 11.3 Å². The lowest BCUT2D eigenvalue weighted by atomic mass is 10.0. The molecule has 2 rings (SSSR count). The average Bonchev–Trinajstić information content (AvgIpc) is 2.91. The van der Waals surface area contributed by atoms with Gasteiger partial charge < -0.3 is 4.74 Å². The molecule has 0 aliphatic carbocycles. The Morgan fingerprint density at radius 1 is 1.67 bits per heavy atom. The predicted molar refractivity (Wildman–Crippen MR) is 71.2 cm³/mol. The van der Waals surface area contributed by atoms with Crippen molar-refractivity contribution in [2.45, 2.75) is 57.9 Å². The zero-order chi connectivity index (χ0) is 13.1. The van der Waals surface area contributed by atoms with Gasteiger partial charge in [-0.1, -0.05) is 18.5 Å². The van der Waals surface area contributed by atoms with E-state index in [4.69, 9.17) is 22.2 Å². The van der Waals surface area contributed by atoms with Crippen LogP contribution in [0.2, 0.25) is 5.02 Å². The summed E-state index contributed by atoms with van der Waals surface area (Å²) in [5.74, 6) is 5.69. The lowest BCUT2D eigenvalue weighted by molar-refractivity contribution is 0.0296. The molecule has 2 heterocycles. The molecule has 1 aromatic heterocycles. The van der Waals surface area contributed by atoms with Gasteiger partial charge >= 0.3 is 0 Å². The van der Waals surface area contributed by atoms with E-state index >= 15 is 0 Å². The van der Waals surface area contributed by atoms with Gasteiger partial charge in [0.05, 0.1) is 35.2 Å². The van der Waals surface area contributed by atoms with Crippen LogP contribution >= 0.6 is 11.6 Å². The summed E-state index contributed by atoms with van der Waals surface area (Å²) in [4.78, 5) is 0. The van der Waals surface area contributed by atoms with Gasteiger partial charge in [0.1, 0.15) is 0 Å². The minimum absolute atomic E-state index is 0.0646. The minimum Gasteiger partial charge on any atom is -0.373 e. The highest BCUT2D eigenvalue weighted by atomic mass is 35.5. The number of rotatable bonds is 5. The smallest absolute Gasteiger partial charge is 0.0905 e. The summed E-state index contributed by atoms with van der Waals surface area (Å²) in [5, 5.41) is 4.95. The SMILES string of the molecule is CCCn1ncc(Cl)c1C(NN)C1CCC(C)O1. The summed E-state index contributed by atoms with van der Waals surface area (Å²) < 4.78 is 7.80. The molecule has 0 bridgehead atoms. The van der Waals surface area contributed by atoms with Crippen molar-refractivity contribution in [3.8, 4) is 0 Å². The summed E-state index contributed by atoms with van der Waals surface area (Å²) in [7, 11) is 0. The Bertz CT molecular complexity index is 395. The fourth-order valence-electron chi connectivity index (χ4n) is 2.51. The highest BCUT2D eigenvalue weighted by molar-refractivity contribution is 6.31. The van der Waals surface area contributed by atoms with Gasteiger partial charge in [0.2, 0.25) is 0 Å². The maximum Gasteiger partial charge on any atom is 0.0905 e. The monoisotopic (exact) mass is 272 g/mol. The third-order valence-electron chi connectivity index (χ3n) is 3.38. The van der Waals surface area contributed by atoms with Gasteiger partial charge in [0, 0.05) is 6.54 Å². The molecule has 1 fully saturated rings. The van der Waals surface area contributed by atoms with Crippen LogP contribution < -0.4 is 11.3 Å². The first-order valence-electron chi connectivity index (χ1n) is 6.50. The maximum atomic E-state index is 6.23. The molecule has 1 aliphatic heterocycles. The van der Waals surface area contributed by atoms with Gasteiger partial charge in [-0.05, 0) is 26.2 Å². The molecule has 3 unspecified atom stereocenters. The standard InChI is InChI=1S/C12H21ClN4O/c1-3-6-17-12(9(13)7-15-17)11(16-14)10-5-4-8(2)18-10/h7-8,10-11,16H,3-6,14H2,1-2H3. The normalized spacial score (nSPS) is 25.6. The third kappa shape index (κ3) is 2.69. The molecule has 3 atom stereocenters. The highest BCUT2D eigenvalue weighted by Gasteiger charge is 2.33. The molecule has 1 saturated heterocycles. The quantitative estimate of drug-likeness (QED) is 0.636. The van der Waals surface area contributed by atoms with Crippen molar-refractivity contribution >= 4 is 11.6 Å². The Balaban J connectivity index is 2.23. The molecular weight excluding hydrogens is 252 g/mol. The minimum atomic E-state index is -0.100. The van der Waals surface area contributed by atoms with Crippen LogP contribution in [0.3, 0.4) is 0 Å². The molecule has 1 aromatic rings. The molecule has 3 N–H and O–H groups in total. The largest absolute Gasteiger partial charge is 0.373 e. The van der Waals surface area contributed by atoms with E-state index in [2.05, 4.69) is 24.4 Å². The van der Waals surface area contributed by atoms with E-state index in [0.717, 1.165) is 31.5 Å². The van der Waals surface area contributed by atoms with Crippen molar-refractivity contribution in [3.05, 3.63) is 16.9 Å². The van der Waals surface area contributed by atoms with Crippen molar-refractivity contribution in [1.29, 1.82) is 0 Å². The summed E-state index contributed by atoms with van der Waals surface area (Å²) in [6.07, 6.45) is 5.08. The van der Waals surface area contributed by atoms with E-state index in [1.54, 1.807) is 6.20 Å². The fourth-order valence-corrected chi connectivity index (χ4v) is 2.77. The molecule has 6 heteroatoms. The van der Waals surface area contributed by atoms with Crippen LogP contribution in [-0.4, -0.2) is 22.0 Å². The molecule has 18 heavy (non-hydrogen) atoms. The number of nitrogens with zero attached hydrogens (tertiary/aromatic N) is 2. The molecule has 0 radical (unpaired) electrons. The van der Waals surface area contributed by atoms with E-state index < -0.39 is 0 Å². The second-order valence-corrected chi connectivity index (χ2v) is 5.21. The summed E-state index contributed by atoms with van der Waals surface area (Å²) >= 11 is 6.23. The van der Waals surface area contributed by atoms with Crippen LogP contribution in [0.4, 0.5) is 0 Å². The zero-order valence-electron chi connectivity index (χ0n) is 10.9. The van der Waals surface area contributed by atoms with Crippen LogP contribution in [0.25, 0.3) is 0 Å². The molecule has 102 valence electrons. The topological polar surface area (TPSA) is 65.1 Å². The van der Waals surface area contributed by atoms with E-state index in [1.807, 2.05) is 4.68 Å². The number of hydrazine groups is 1. The first-order chi connectivity index (χ1) is 8.67. The lowest BCUT2D eigenvalue weighted by Crippen LogP contribution is -2.38. The number of hydrogen-bond donors (Lipinski definition) is 2. The van der Waals surface area contributed by atoms with E-state index in [-0.39, 0.29) is 18.2 Å². The number of hydrogen-bond acceptors (Lipinski definition) is 4. The number of nitrogens with two attached hydrogens (primary N) is 1. The van der Waals surface area contributed by atoms with Crippen molar-refractivity contribution < 1.29 is 4.74 Å². The zero-order valence-corrected chi connectivity index (χ0v) is 11.7. The molecule has 1 aliphatic rings. The Labute approximate surface area is 113 Å². The van der Waals surface area contributed by atoms with Crippen LogP contribution in [0, 0.1) is 0 Å². The van der Waals surface area contributed by atoms with Crippen LogP contribution in [0.15, 0.2) is 6.20 Å². The molecule has 0 saturated carbocycles. The van der Waals surface area contributed by atoms with Gasteiger partial charge in [-0.2, -0.15) is 5.10 Å². The molecule has 0 amide bonds. The van der Waals surface area contributed by atoms with Gasteiger partial charge in [0.15, 0.2) is 0 Å². The van der Waals surface area contributed by atoms with Gasteiger partial charge in [0.25, 0.3) is 0 Å². The predicted octanol–water partition coefficient (Wildman–Crippen LogP) is 2.02. The fraction of sp³-hybridized carbons (Fsp3) is 0.750. The second kappa shape index (κ2) is 6.02. The summed E-state index contributed by atoms with van der Waals surface area (Å²) in [5.41, 5.74) is 3.77. The summed E-state index contributed by atoms with van der Waals surface area (Å²) in [6, 6.07) is -0.100. The Morgan fingerprint density at radius 3 is 3.00 bits per heavy atom. The van der Waals surface area contributed by atoms with Crippen molar-refractivity contribution in [1.82, 2.24) is 15.2 Å². The Hall–Kier alpha value is -0.620. The van der Waals surface area contributed by atoms with Crippen molar-refractivity contribution in [3.63, 3.8) is 0 Å². The number of halogens is 1. The highest BCUT2D eigenvalue weighted by Crippen LogP contribution is 2.33. The number of ether oxygens (including phenoxy) is 1. The number of aryl methyl sites for hydroxylation is 1. The van der Waals surface area contributed by atoms with Gasteiger partial charge in [-0.25, -0.2) is 5.43 Å². The lowest BCUT2D eigenvalue weighted by Gasteiger charge is -2.24. The van der Waals surface area contributed by atoms with Gasteiger partial charge in [-0.15, -0.1) is 0 Å². The first-order valence-corrected chi connectivity index (χ1v) is 6.88. The molecule has 5 nitrogen and oxygen atoms in total. The van der Waals surface area contributed by atoms with Crippen molar-refractivity contribution in [2.24, 2.45) is 5.84 Å². The van der Waals surface area contributed by atoms with E-state index in [0.29, 0.717) is 5.02 Å². The van der Waals surface area contributed by atoms with E-state index in [1.165, 1.54) is 0 Å². The Kier molecular flexibility index (Phi) is 4.61. The Morgan fingerprint density at radius 2 is 2.44 bits per heavy atom. The third-order valence-corrected chi connectivity index (χ3v) is 3.67. The van der Waals surface area contributed by atoms with E-state index in [9.17, 15) is 0 Å². The average molecular weight is 273 g/mol. The molecule has 0 aromatic carbocycles. The molecule has 0 spiro atoms. The van der Waals surface area contributed by atoms with Gasteiger partial charge in [-0.3, -0.25) is 10.5 Å².